The molecule has 4 nitrogen and oxygen atoms in total. The van der Waals surface area contributed by atoms with E-state index in [0.717, 1.165) is 40.5 Å². The Hall–Kier alpha value is -2.14. The Morgan fingerprint density at radius 2 is 1.88 bits per heavy atom. The van der Waals surface area contributed by atoms with Gasteiger partial charge in [0.1, 0.15) is 0 Å². The van der Waals surface area contributed by atoms with Crippen molar-refractivity contribution in [1.29, 1.82) is 0 Å². The lowest BCUT2D eigenvalue weighted by molar-refractivity contribution is -0.116. The standard InChI is InChI=1S/C21H25NO3S/c1-14-9-19(24-3)20(25-4)11-17(14)12-26-13-21(23)22-15(2)10-16-7-5-6-8-18(16)22/h5-9,11,15H,10,12-13H2,1-4H3/t15-/m1/s1. The maximum atomic E-state index is 12.8. The van der Waals surface area contributed by atoms with Gasteiger partial charge in [0.2, 0.25) is 5.91 Å². The van der Waals surface area contributed by atoms with E-state index < -0.39 is 0 Å². The van der Waals surface area contributed by atoms with Gasteiger partial charge in [-0.2, -0.15) is 0 Å². The second kappa shape index (κ2) is 8.04. The molecule has 0 saturated carbocycles. The number of ether oxygens (including phenoxy) is 2. The van der Waals surface area contributed by atoms with E-state index in [1.54, 1.807) is 26.0 Å². The Morgan fingerprint density at radius 1 is 1.19 bits per heavy atom. The minimum Gasteiger partial charge on any atom is -0.493 e. The van der Waals surface area contributed by atoms with Crippen molar-refractivity contribution in [3.8, 4) is 11.5 Å². The number of carbonyl (C=O) groups excluding carboxylic acids is 1. The van der Waals surface area contributed by atoms with Crippen molar-refractivity contribution in [3.63, 3.8) is 0 Å². The molecule has 1 aliphatic heterocycles. The number of hydrogen-bond acceptors (Lipinski definition) is 4. The van der Waals surface area contributed by atoms with Crippen LogP contribution in [0.2, 0.25) is 0 Å². The van der Waals surface area contributed by atoms with E-state index in [2.05, 4.69) is 19.9 Å². The van der Waals surface area contributed by atoms with Gasteiger partial charge < -0.3 is 14.4 Å². The molecule has 0 radical (unpaired) electrons. The summed E-state index contributed by atoms with van der Waals surface area (Å²) in [7, 11) is 3.28. The van der Waals surface area contributed by atoms with Crippen LogP contribution in [0.25, 0.3) is 0 Å². The number of methoxy groups -OCH3 is 2. The first-order valence-corrected chi connectivity index (χ1v) is 9.89. The maximum Gasteiger partial charge on any atom is 0.237 e. The molecule has 1 heterocycles. The molecule has 0 unspecified atom stereocenters. The van der Waals surface area contributed by atoms with Crippen LogP contribution in [-0.4, -0.2) is 31.9 Å². The van der Waals surface area contributed by atoms with Crippen LogP contribution in [-0.2, 0) is 17.0 Å². The summed E-state index contributed by atoms with van der Waals surface area (Å²) >= 11 is 1.64. The Labute approximate surface area is 159 Å². The number of thioether (sulfide) groups is 1. The van der Waals surface area contributed by atoms with Gasteiger partial charge in [-0.25, -0.2) is 0 Å². The van der Waals surface area contributed by atoms with Crippen LogP contribution >= 0.6 is 11.8 Å². The van der Waals surface area contributed by atoms with Crippen LogP contribution < -0.4 is 14.4 Å². The molecule has 0 fully saturated rings. The summed E-state index contributed by atoms with van der Waals surface area (Å²) in [4.78, 5) is 14.7. The largest absolute Gasteiger partial charge is 0.493 e. The Kier molecular flexibility index (Phi) is 5.77. The van der Waals surface area contributed by atoms with Gasteiger partial charge in [0.25, 0.3) is 0 Å². The summed E-state index contributed by atoms with van der Waals surface area (Å²) in [5, 5.41) is 0. The summed E-state index contributed by atoms with van der Waals surface area (Å²) in [5.74, 6) is 2.86. The zero-order valence-electron chi connectivity index (χ0n) is 15.7. The molecule has 0 aromatic heterocycles. The van der Waals surface area contributed by atoms with Crippen molar-refractivity contribution in [2.24, 2.45) is 0 Å². The van der Waals surface area contributed by atoms with Gasteiger partial charge in [0, 0.05) is 17.5 Å². The van der Waals surface area contributed by atoms with Gasteiger partial charge in [0.15, 0.2) is 11.5 Å². The molecule has 0 bridgehead atoms. The molecule has 2 aromatic carbocycles. The lowest BCUT2D eigenvalue weighted by Gasteiger charge is -2.22. The minimum absolute atomic E-state index is 0.172. The molecule has 1 amide bonds. The van der Waals surface area contributed by atoms with E-state index in [4.69, 9.17) is 9.47 Å². The van der Waals surface area contributed by atoms with Crippen molar-refractivity contribution < 1.29 is 14.3 Å². The molecule has 0 spiro atoms. The smallest absolute Gasteiger partial charge is 0.237 e. The number of aryl methyl sites for hydroxylation is 1. The number of carbonyl (C=O) groups is 1. The molecular formula is C21H25NO3S. The minimum atomic E-state index is 0.172. The number of rotatable bonds is 6. The monoisotopic (exact) mass is 371 g/mol. The summed E-state index contributed by atoms with van der Waals surface area (Å²) < 4.78 is 10.7. The lowest BCUT2D eigenvalue weighted by Crippen LogP contribution is -2.37. The number of nitrogens with zero attached hydrogens (tertiary/aromatic N) is 1. The Morgan fingerprint density at radius 3 is 2.62 bits per heavy atom. The van der Waals surface area contributed by atoms with Crippen LogP contribution in [0, 0.1) is 6.92 Å². The van der Waals surface area contributed by atoms with Gasteiger partial charge in [-0.3, -0.25) is 4.79 Å². The zero-order chi connectivity index (χ0) is 18.7. The van der Waals surface area contributed by atoms with E-state index in [1.807, 2.05) is 35.2 Å². The third kappa shape index (κ3) is 3.68. The summed E-state index contributed by atoms with van der Waals surface area (Å²) in [6.07, 6.45) is 0.932. The van der Waals surface area contributed by atoms with Crippen LogP contribution in [0.4, 0.5) is 5.69 Å². The van der Waals surface area contributed by atoms with E-state index in [9.17, 15) is 4.79 Å². The molecule has 3 rings (SSSR count). The summed E-state index contributed by atoms with van der Waals surface area (Å²) in [5.41, 5.74) is 4.62. The third-order valence-electron chi connectivity index (χ3n) is 4.80. The molecule has 0 N–H and O–H groups in total. The van der Waals surface area contributed by atoms with E-state index in [1.165, 1.54) is 5.56 Å². The topological polar surface area (TPSA) is 38.8 Å². The number of hydrogen-bond donors (Lipinski definition) is 0. The summed E-state index contributed by atoms with van der Waals surface area (Å²) in [6.45, 7) is 4.17. The van der Waals surface area contributed by atoms with Gasteiger partial charge in [0.05, 0.1) is 20.0 Å². The van der Waals surface area contributed by atoms with Crippen LogP contribution in [0.5, 0.6) is 11.5 Å². The van der Waals surface area contributed by atoms with Gasteiger partial charge in [-0.1, -0.05) is 18.2 Å². The van der Waals surface area contributed by atoms with Crippen molar-refractivity contribution >= 4 is 23.4 Å². The molecule has 26 heavy (non-hydrogen) atoms. The highest BCUT2D eigenvalue weighted by molar-refractivity contribution is 7.99. The molecule has 138 valence electrons. The molecule has 0 saturated heterocycles. The normalized spacial score (nSPS) is 15.7. The second-order valence-corrected chi connectivity index (χ2v) is 7.56. The number of anilines is 1. The SMILES string of the molecule is COc1cc(C)c(CSCC(=O)N2c3ccccc3C[C@H]2C)cc1OC. The highest BCUT2D eigenvalue weighted by atomic mass is 32.2. The van der Waals surface area contributed by atoms with Crippen molar-refractivity contribution in [3.05, 3.63) is 53.1 Å². The van der Waals surface area contributed by atoms with E-state index in [-0.39, 0.29) is 11.9 Å². The first kappa shape index (κ1) is 18.6. The fourth-order valence-corrected chi connectivity index (χ4v) is 4.39. The molecule has 0 aliphatic carbocycles. The van der Waals surface area contributed by atoms with Crippen LogP contribution in [0.15, 0.2) is 36.4 Å². The van der Waals surface area contributed by atoms with Gasteiger partial charge >= 0.3 is 0 Å². The molecule has 5 heteroatoms. The van der Waals surface area contributed by atoms with Crippen molar-refractivity contribution in [2.75, 3.05) is 24.9 Å². The Bertz CT molecular complexity index is 806. The zero-order valence-corrected chi connectivity index (χ0v) is 16.6. The quantitative estimate of drug-likeness (QED) is 0.762. The molecule has 2 aromatic rings. The lowest BCUT2D eigenvalue weighted by atomic mass is 10.1. The van der Waals surface area contributed by atoms with Crippen LogP contribution in [0.1, 0.15) is 23.6 Å². The summed E-state index contributed by atoms with van der Waals surface area (Å²) in [6, 6.07) is 12.4. The highest BCUT2D eigenvalue weighted by Crippen LogP contribution is 2.34. The van der Waals surface area contributed by atoms with Crippen molar-refractivity contribution in [1.82, 2.24) is 0 Å². The molecule has 1 atom stereocenters. The third-order valence-corrected chi connectivity index (χ3v) is 5.77. The fraction of sp³-hybridized carbons (Fsp3) is 0.381. The predicted molar refractivity (Wildman–Crippen MR) is 108 cm³/mol. The molecular weight excluding hydrogens is 346 g/mol. The number of para-hydroxylation sites is 1. The first-order valence-electron chi connectivity index (χ1n) is 8.74. The number of amides is 1. The number of fused-ring (bicyclic) bond motifs is 1. The average Bonchev–Trinajstić information content (AvgIpc) is 2.98. The van der Waals surface area contributed by atoms with E-state index in [0.29, 0.717) is 5.75 Å². The average molecular weight is 372 g/mol. The molecule has 1 aliphatic rings. The fourth-order valence-electron chi connectivity index (χ4n) is 3.44. The number of benzene rings is 2. The van der Waals surface area contributed by atoms with Gasteiger partial charge in [-0.15, -0.1) is 11.8 Å². The van der Waals surface area contributed by atoms with E-state index >= 15 is 0 Å². The maximum absolute atomic E-state index is 12.8. The highest BCUT2D eigenvalue weighted by Gasteiger charge is 2.30. The van der Waals surface area contributed by atoms with Gasteiger partial charge in [-0.05, 0) is 55.2 Å². The first-order chi connectivity index (χ1) is 12.5. The Balaban J connectivity index is 1.64. The van der Waals surface area contributed by atoms with Crippen LogP contribution in [0.3, 0.4) is 0 Å². The second-order valence-electron chi connectivity index (χ2n) is 6.57. The van der Waals surface area contributed by atoms with Crippen molar-refractivity contribution in [2.45, 2.75) is 32.1 Å². The predicted octanol–water partition coefficient (Wildman–Crippen LogP) is 4.22.